The van der Waals surface area contributed by atoms with Gasteiger partial charge in [-0.2, -0.15) is 0 Å². The Hall–Kier alpha value is -3.76. The maximum absolute atomic E-state index is 14.0. The number of carbonyl (C=O) groups is 3. The fourth-order valence-electron chi connectivity index (χ4n) is 6.84. The molecule has 1 aliphatic heterocycles. The van der Waals surface area contributed by atoms with Gasteiger partial charge in [0.1, 0.15) is 35.2 Å². The largest absolute Gasteiger partial charge is 0.481 e. The molecule has 5 atom stereocenters. The molecule has 1 aliphatic rings. The molecule has 8 nitrogen and oxygen atoms in total. The highest BCUT2D eigenvalue weighted by Crippen LogP contribution is 2.51. The van der Waals surface area contributed by atoms with E-state index in [1.165, 1.54) is 17.7 Å². The molecule has 0 bridgehead atoms. The minimum Gasteiger partial charge on any atom is -0.481 e. The van der Waals surface area contributed by atoms with Crippen molar-refractivity contribution >= 4 is 23.3 Å². The summed E-state index contributed by atoms with van der Waals surface area (Å²) in [7, 11) is 1.93. The van der Waals surface area contributed by atoms with Crippen molar-refractivity contribution in [2.24, 2.45) is 11.8 Å². The zero-order valence-corrected chi connectivity index (χ0v) is 27.2. The van der Waals surface area contributed by atoms with Gasteiger partial charge in [0.05, 0.1) is 13.2 Å². The zero-order valence-electron chi connectivity index (χ0n) is 27.2. The standard InChI is InChI=1S/C38H46FNO7/c1-25(41)7-4-3-5-8-26-13-21-31(22-14-26)40(2)35(32(36(40)43)23-24-34(42)28-17-19-30(39)20-18-28)29-15-11-27(12-16-29)9-6-10-33(37(44)45)38(46)47/h11-22,32-35,37,42,44-45H,3-10,23-24H2,1-2H3/p+1. The smallest absolute Gasteiger partial charge is 0.328 e. The van der Waals surface area contributed by atoms with Crippen molar-refractivity contribution < 1.29 is 39.2 Å². The van der Waals surface area contributed by atoms with Gasteiger partial charge >= 0.3 is 11.9 Å². The number of amides is 1. The second-order valence-corrected chi connectivity index (χ2v) is 13.0. The number of hydrogen-bond donors (Lipinski definition) is 4. The molecule has 3 aromatic carbocycles. The van der Waals surface area contributed by atoms with Crippen molar-refractivity contribution in [3.63, 3.8) is 0 Å². The monoisotopic (exact) mass is 648 g/mol. The molecule has 1 amide bonds. The van der Waals surface area contributed by atoms with Crippen LogP contribution < -0.4 is 4.48 Å². The van der Waals surface area contributed by atoms with Crippen molar-refractivity contribution in [3.8, 4) is 0 Å². The van der Waals surface area contributed by atoms with Crippen LogP contribution in [0.5, 0.6) is 0 Å². The number of carbonyl (C=O) groups excluding carboxylic acids is 2. The number of benzene rings is 3. The highest BCUT2D eigenvalue weighted by Gasteiger charge is 2.62. The lowest BCUT2D eigenvalue weighted by molar-refractivity contribution is -0.159. The number of aryl methyl sites for hydroxylation is 2. The summed E-state index contributed by atoms with van der Waals surface area (Å²) < 4.78 is 13.5. The average Bonchev–Trinajstić information content (AvgIpc) is 3.04. The highest BCUT2D eigenvalue weighted by atomic mass is 19.1. The lowest BCUT2D eigenvalue weighted by atomic mass is 9.75. The third-order valence-electron chi connectivity index (χ3n) is 9.66. The number of halogens is 1. The maximum Gasteiger partial charge on any atom is 0.328 e. The Kier molecular flexibility index (Phi) is 12.6. The number of hydrogen-bond acceptors (Lipinski definition) is 6. The van der Waals surface area contributed by atoms with E-state index in [9.17, 15) is 39.2 Å². The number of quaternary nitrogens is 1. The molecule has 0 saturated carbocycles. The number of carboxylic acid groups (broad SMARTS) is 1. The Labute approximate surface area is 276 Å². The van der Waals surface area contributed by atoms with Crippen LogP contribution in [-0.2, 0) is 27.2 Å². The van der Waals surface area contributed by atoms with E-state index in [0.29, 0.717) is 37.7 Å². The van der Waals surface area contributed by atoms with Crippen LogP contribution in [0.2, 0.25) is 0 Å². The van der Waals surface area contributed by atoms with E-state index in [4.69, 9.17) is 0 Å². The molecule has 1 heterocycles. The van der Waals surface area contributed by atoms with Crippen molar-refractivity contribution in [1.82, 2.24) is 4.48 Å². The number of likely N-dealkylation sites (tertiary alicyclic amines) is 1. The van der Waals surface area contributed by atoms with E-state index in [0.717, 1.165) is 42.5 Å². The van der Waals surface area contributed by atoms with Crippen LogP contribution in [0.4, 0.5) is 10.1 Å². The van der Waals surface area contributed by atoms with Crippen molar-refractivity contribution in [1.29, 1.82) is 0 Å². The Morgan fingerprint density at radius 1 is 0.809 bits per heavy atom. The normalized spacial score (nSPS) is 20.5. The first-order valence-corrected chi connectivity index (χ1v) is 16.5. The third-order valence-corrected chi connectivity index (χ3v) is 9.66. The van der Waals surface area contributed by atoms with Crippen molar-refractivity contribution in [2.75, 3.05) is 7.05 Å². The van der Waals surface area contributed by atoms with Crippen molar-refractivity contribution in [2.45, 2.75) is 89.6 Å². The number of aliphatic hydroxyl groups is 3. The molecule has 1 fully saturated rings. The van der Waals surface area contributed by atoms with Gasteiger partial charge in [-0.1, -0.05) is 55.0 Å². The Bertz CT molecular complexity index is 1490. The van der Waals surface area contributed by atoms with E-state index in [-0.39, 0.29) is 40.4 Å². The minimum absolute atomic E-state index is 0.0599. The molecule has 4 rings (SSSR count). The predicted molar refractivity (Wildman–Crippen MR) is 178 cm³/mol. The van der Waals surface area contributed by atoms with Crippen LogP contribution in [0.25, 0.3) is 0 Å². The second kappa shape index (κ2) is 16.4. The highest BCUT2D eigenvalue weighted by molar-refractivity contribution is 5.98. The van der Waals surface area contributed by atoms with Gasteiger partial charge in [0.2, 0.25) is 0 Å². The number of aliphatic hydroxyl groups excluding tert-OH is 2. The molecule has 0 aliphatic carbocycles. The fourth-order valence-corrected chi connectivity index (χ4v) is 6.84. The number of carboxylic acids is 1. The van der Waals surface area contributed by atoms with Crippen LogP contribution >= 0.6 is 0 Å². The molecule has 1 saturated heterocycles. The van der Waals surface area contributed by atoms with Gasteiger partial charge in [0.15, 0.2) is 6.29 Å². The number of aliphatic carboxylic acids is 1. The summed E-state index contributed by atoms with van der Waals surface area (Å²) in [6.07, 6.45) is 3.61. The summed E-state index contributed by atoms with van der Waals surface area (Å²) in [5.41, 5.74) is 4.60. The summed E-state index contributed by atoms with van der Waals surface area (Å²) in [6.45, 7) is 1.62. The van der Waals surface area contributed by atoms with Gasteiger partial charge in [-0.25, -0.2) is 13.7 Å². The topological polar surface area (TPSA) is 132 Å². The Balaban J connectivity index is 1.50. The quantitative estimate of drug-likeness (QED) is 0.0559. The van der Waals surface area contributed by atoms with Gasteiger partial charge in [-0.05, 0) is 99.2 Å². The third kappa shape index (κ3) is 8.99. The maximum atomic E-state index is 14.0. The van der Waals surface area contributed by atoms with Crippen LogP contribution in [0.3, 0.4) is 0 Å². The summed E-state index contributed by atoms with van der Waals surface area (Å²) in [5.74, 6) is -2.93. The zero-order chi connectivity index (χ0) is 34.1. The van der Waals surface area contributed by atoms with E-state index in [2.05, 4.69) is 12.1 Å². The number of β-lactam (4-membered cyclic amide) rings is 1. The first-order valence-electron chi connectivity index (χ1n) is 16.5. The van der Waals surface area contributed by atoms with Crippen LogP contribution in [0.15, 0.2) is 72.8 Å². The van der Waals surface area contributed by atoms with Gasteiger partial charge < -0.3 is 25.2 Å². The first-order chi connectivity index (χ1) is 22.4. The molecular weight excluding hydrogens is 601 g/mol. The van der Waals surface area contributed by atoms with E-state index in [1.807, 2.05) is 43.4 Å². The predicted octanol–water partition coefficient (Wildman–Crippen LogP) is 6.20. The molecule has 9 heteroatoms. The molecule has 5 unspecified atom stereocenters. The minimum atomic E-state index is -1.91. The van der Waals surface area contributed by atoms with E-state index < -0.39 is 24.3 Å². The number of ketones is 1. The van der Waals surface area contributed by atoms with Gasteiger partial charge in [-0.3, -0.25) is 4.79 Å². The van der Waals surface area contributed by atoms with E-state index in [1.54, 1.807) is 19.1 Å². The van der Waals surface area contributed by atoms with Crippen LogP contribution in [0.1, 0.15) is 92.7 Å². The van der Waals surface area contributed by atoms with E-state index >= 15 is 0 Å². The molecular formula is C38H47FNO7+. The second-order valence-electron chi connectivity index (χ2n) is 13.0. The Morgan fingerprint density at radius 2 is 1.40 bits per heavy atom. The fraction of sp³-hybridized carbons (Fsp3) is 0.447. The van der Waals surface area contributed by atoms with Crippen LogP contribution in [-0.4, -0.2) is 51.4 Å². The number of rotatable bonds is 18. The summed E-state index contributed by atoms with van der Waals surface area (Å²) in [6, 6.07) is 21.6. The summed E-state index contributed by atoms with van der Waals surface area (Å²) in [5, 5.41) is 38.7. The molecule has 0 aromatic heterocycles. The number of Topliss-reactive ketones (excluding diaryl/α,β-unsaturated/α-hetero) is 1. The molecule has 4 N–H and O–H groups in total. The Morgan fingerprint density at radius 3 is 1.98 bits per heavy atom. The molecule has 252 valence electrons. The van der Waals surface area contributed by atoms with Crippen molar-refractivity contribution in [3.05, 3.63) is 101 Å². The van der Waals surface area contributed by atoms with Crippen LogP contribution in [0, 0.1) is 17.7 Å². The summed E-state index contributed by atoms with van der Waals surface area (Å²) >= 11 is 0. The first kappa shape index (κ1) is 36.1. The van der Waals surface area contributed by atoms with Gasteiger partial charge in [0.25, 0.3) is 0 Å². The average molecular weight is 649 g/mol. The molecule has 0 radical (unpaired) electrons. The number of unbranched alkanes of at least 4 members (excludes halogenated alkanes) is 2. The lowest BCUT2D eigenvalue weighted by Gasteiger charge is -2.51. The molecule has 47 heavy (non-hydrogen) atoms. The summed E-state index contributed by atoms with van der Waals surface area (Å²) in [4.78, 5) is 36.4. The van der Waals surface area contributed by atoms with Gasteiger partial charge in [0, 0.05) is 12.0 Å². The molecule has 3 aromatic rings. The number of nitrogens with zero attached hydrogens (tertiary/aromatic N) is 1. The van der Waals surface area contributed by atoms with Gasteiger partial charge in [-0.15, -0.1) is 0 Å². The SMILES string of the molecule is CC(=O)CCCCCc1ccc([N+]2(C)C(=O)C(CCC(O)c3ccc(F)cc3)C2c2ccc(CCCC(C(=O)O)C(O)O)cc2)cc1. The lowest BCUT2D eigenvalue weighted by Crippen LogP contribution is -2.68. The molecule has 0 spiro atoms.